The molecule has 0 aromatic heterocycles. The highest BCUT2D eigenvalue weighted by Gasteiger charge is 2.51. The summed E-state index contributed by atoms with van der Waals surface area (Å²) >= 11 is 0. The molecule has 1 saturated carbocycles. The normalized spacial score (nSPS) is 16.0. The molecule has 1 amide bonds. The minimum absolute atomic E-state index is 0.0445. The fourth-order valence-corrected chi connectivity index (χ4v) is 3.60. The van der Waals surface area contributed by atoms with Crippen molar-refractivity contribution in [3.05, 3.63) is 60.2 Å². The zero-order valence-corrected chi connectivity index (χ0v) is 14.5. The quantitative estimate of drug-likeness (QED) is 0.907. The van der Waals surface area contributed by atoms with Crippen molar-refractivity contribution in [1.82, 2.24) is 4.31 Å². The second-order valence-electron chi connectivity index (χ2n) is 6.21. The lowest BCUT2D eigenvalue weighted by atomic mass is 9.95. The molecular formula is C18H20N2O3S. The lowest BCUT2D eigenvalue weighted by Crippen LogP contribution is -2.27. The zero-order chi connectivity index (χ0) is 17.4. The number of sulfonamides is 1. The van der Waals surface area contributed by atoms with E-state index in [-0.39, 0.29) is 10.8 Å². The molecule has 2 aromatic rings. The van der Waals surface area contributed by atoms with E-state index in [4.69, 9.17) is 0 Å². The predicted molar refractivity (Wildman–Crippen MR) is 93.3 cm³/mol. The summed E-state index contributed by atoms with van der Waals surface area (Å²) in [7, 11) is -0.485. The number of carbonyl (C=O) groups is 1. The number of rotatable bonds is 5. The molecule has 5 nitrogen and oxygen atoms in total. The third kappa shape index (κ3) is 2.95. The summed E-state index contributed by atoms with van der Waals surface area (Å²) in [5.41, 5.74) is 1.17. The number of hydrogen-bond donors (Lipinski definition) is 1. The van der Waals surface area contributed by atoms with E-state index < -0.39 is 15.4 Å². The lowest BCUT2D eigenvalue weighted by molar-refractivity contribution is -0.118. The van der Waals surface area contributed by atoms with Crippen LogP contribution in [-0.4, -0.2) is 32.7 Å². The Morgan fingerprint density at radius 3 is 2.08 bits per heavy atom. The van der Waals surface area contributed by atoms with Gasteiger partial charge in [-0.2, -0.15) is 0 Å². The van der Waals surface area contributed by atoms with Gasteiger partial charge in [0, 0.05) is 19.8 Å². The maximum atomic E-state index is 12.6. The van der Waals surface area contributed by atoms with Crippen LogP contribution in [-0.2, 0) is 20.2 Å². The molecule has 0 heterocycles. The number of nitrogens with one attached hydrogen (secondary N) is 1. The molecule has 1 aliphatic carbocycles. The van der Waals surface area contributed by atoms with Gasteiger partial charge < -0.3 is 5.32 Å². The first kappa shape index (κ1) is 16.7. The molecule has 0 saturated heterocycles. The van der Waals surface area contributed by atoms with Gasteiger partial charge in [0.05, 0.1) is 10.3 Å². The van der Waals surface area contributed by atoms with Gasteiger partial charge in [0.2, 0.25) is 15.9 Å². The first-order valence-corrected chi connectivity index (χ1v) is 9.20. The monoisotopic (exact) mass is 344 g/mol. The highest BCUT2D eigenvalue weighted by atomic mass is 32.2. The fourth-order valence-electron chi connectivity index (χ4n) is 2.70. The van der Waals surface area contributed by atoms with Crippen molar-refractivity contribution < 1.29 is 13.2 Å². The summed E-state index contributed by atoms with van der Waals surface area (Å²) in [6, 6.07) is 16.0. The minimum atomic E-state index is -3.46. The van der Waals surface area contributed by atoms with Crippen LogP contribution < -0.4 is 5.32 Å². The van der Waals surface area contributed by atoms with Gasteiger partial charge in [0.25, 0.3) is 0 Å². The van der Waals surface area contributed by atoms with Crippen molar-refractivity contribution in [3.8, 4) is 0 Å². The molecule has 1 N–H and O–H groups in total. The molecule has 0 spiro atoms. The van der Waals surface area contributed by atoms with Gasteiger partial charge in [0.15, 0.2) is 0 Å². The van der Waals surface area contributed by atoms with E-state index in [2.05, 4.69) is 5.32 Å². The summed E-state index contributed by atoms with van der Waals surface area (Å²) in [5, 5.41) is 2.90. The molecule has 1 fully saturated rings. The Labute approximate surface area is 142 Å². The Bertz CT molecular complexity index is 840. The highest BCUT2D eigenvalue weighted by Crippen LogP contribution is 2.48. The average molecular weight is 344 g/mol. The second kappa shape index (κ2) is 6.03. The predicted octanol–water partition coefficient (Wildman–Crippen LogP) is 2.61. The molecule has 2 aromatic carbocycles. The van der Waals surface area contributed by atoms with Crippen molar-refractivity contribution in [1.29, 1.82) is 0 Å². The van der Waals surface area contributed by atoms with Crippen molar-refractivity contribution in [2.75, 3.05) is 19.4 Å². The molecule has 0 radical (unpaired) electrons. The summed E-state index contributed by atoms with van der Waals surface area (Å²) in [6.07, 6.45) is 1.66. The zero-order valence-electron chi connectivity index (χ0n) is 13.7. The van der Waals surface area contributed by atoms with Gasteiger partial charge in [-0.05, 0) is 42.7 Å². The van der Waals surface area contributed by atoms with E-state index in [1.807, 2.05) is 30.3 Å². The summed E-state index contributed by atoms with van der Waals surface area (Å²) in [5.74, 6) is -0.0445. The van der Waals surface area contributed by atoms with Gasteiger partial charge >= 0.3 is 0 Å². The lowest BCUT2D eigenvalue weighted by Gasteiger charge is -2.16. The summed E-state index contributed by atoms with van der Waals surface area (Å²) in [6.45, 7) is 0. The van der Waals surface area contributed by atoms with E-state index in [1.54, 1.807) is 12.1 Å². The van der Waals surface area contributed by atoms with Crippen molar-refractivity contribution in [3.63, 3.8) is 0 Å². The Kier molecular flexibility index (Phi) is 4.19. The first-order valence-electron chi connectivity index (χ1n) is 7.76. The molecule has 0 bridgehead atoms. The smallest absolute Gasteiger partial charge is 0.242 e. The molecule has 0 unspecified atom stereocenters. The van der Waals surface area contributed by atoms with Crippen LogP contribution in [0.2, 0.25) is 0 Å². The van der Waals surface area contributed by atoms with Crippen molar-refractivity contribution >= 4 is 21.6 Å². The number of carbonyl (C=O) groups excluding carboxylic acids is 1. The maximum Gasteiger partial charge on any atom is 0.242 e. The van der Waals surface area contributed by atoms with E-state index in [9.17, 15) is 13.2 Å². The van der Waals surface area contributed by atoms with Crippen LogP contribution in [0, 0.1) is 0 Å². The molecule has 0 atom stereocenters. The molecular weight excluding hydrogens is 324 g/mol. The van der Waals surface area contributed by atoms with Crippen LogP contribution in [0.15, 0.2) is 59.5 Å². The topological polar surface area (TPSA) is 66.5 Å². The minimum Gasteiger partial charge on any atom is -0.325 e. The van der Waals surface area contributed by atoms with Crippen LogP contribution in [0.25, 0.3) is 0 Å². The van der Waals surface area contributed by atoms with Gasteiger partial charge in [-0.3, -0.25) is 4.79 Å². The van der Waals surface area contributed by atoms with Gasteiger partial charge in [-0.25, -0.2) is 12.7 Å². The molecule has 6 heteroatoms. The number of hydrogen-bond acceptors (Lipinski definition) is 3. The Morgan fingerprint density at radius 1 is 1.00 bits per heavy atom. The molecule has 3 rings (SSSR count). The Hall–Kier alpha value is -2.18. The largest absolute Gasteiger partial charge is 0.325 e. The van der Waals surface area contributed by atoms with Crippen LogP contribution in [0.1, 0.15) is 18.4 Å². The van der Waals surface area contributed by atoms with Gasteiger partial charge in [-0.1, -0.05) is 30.3 Å². The van der Waals surface area contributed by atoms with Crippen molar-refractivity contribution in [2.45, 2.75) is 23.2 Å². The van der Waals surface area contributed by atoms with E-state index in [1.165, 1.54) is 26.2 Å². The SMILES string of the molecule is CN(C)S(=O)(=O)c1ccc(NC(=O)C2(c3ccccc3)CC2)cc1. The number of benzene rings is 2. The standard InChI is InChI=1S/C18H20N2O3S/c1-20(2)24(22,23)16-10-8-15(9-11-16)19-17(21)18(12-13-18)14-6-4-3-5-7-14/h3-11H,12-13H2,1-2H3,(H,19,21). The van der Waals surface area contributed by atoms with E-state index in [0.29, 0.717) is 5.69 Å². The number of anilines is 1. The third-order valence-electron chi connectivity index (χ3n) is 4.40. The van der Waals surface area contributed by atoms with Gasteiger partial charge in [0.1, 0.15) is 0 Å². The average Bonchev–Trinajstić information content (AvgIpc) is 3.38. The third-order valence-corrected chi connectivity index (χ3v) is 6.23. The van der Waals surface area contributed by atoms with Crippen LogP contribution >= 0.6 is 0 Å². The molecule has 24 heavy (non-hydrogen) atoms. The summed E-state index contributed by atoms with van der Waals surface area (Å²) < 4.78 is 25.3. The fraction of sp³-hybridized carbons (Fsp3) is 0.278. The van der Waals surface area contributed by atoms with E-state index in [0.717, 1.165) is 22.7 Å². The molecule has 0 aliphatic heterocycles. The van der Waals surface area contributed by atoms with Crippen LogP contribution in [0.3, 0.4) is 0 Å². The van der Waals surface area contributed by atoms with E-state index >= 15 is 0 Å². The Morgan fingerprint density at radius 2 is 1.58 bits per heavy atom. The second-order valence-corrected chi connectivity index (χ2v) is 8.37. The van der Waals surface area contributed by atoms with Crippen LogP contribution in [0.4, 0.5) is 5.69 Å². The van der Waals surface area contributed by atoms with Crippen LogP contribution in [0.5, 0.6) is 0 Å². The Balaban J connectivity index is 1.77. The maximum absolute atomic E-state index is 12.6. The summed E-state index contributed by atoms with van der Waals surface area (Å²) in [4.78, 5) is 12.9. The number of amides is 1. The molecule has 1 aliphatic rings. The highest BCUT2D eigenvalue weighted by molar-refractivity contribution is 7.89. The van der Waals surface area contributed by atoms with Crippen molar-refractivity contribution in [2.24, 2.45) is 0 Å². The first-order chi connectivity index (χ1) is 11.4. The number of nitrogens with zero attached hydrogens (tertiary/aromatic N) is 1. The van der Waals surface area contributed by atoms with Gasteiger partial charge in [-0.15, -0.1) is 0 Å². The molecule has 126 valence electrons.